The van der Waals surface area contributed by atoms with Crippen molar-refractivity contribution >= 4 is 12.1 Å². The molecule has 0 saturated heterocycles. The van der Waals surface area contributed by atoms with Gasteiger partial charge in [0.2, 0.25) is 6.41 Å². The van der Waals surface area contributed by atoms with Crippen molar-refractivity contribution in [2.24, 2.45) is 0 Å². The Morgan fingerprint density at radius 2 is 2.33 bits per heavy atom. The molecule has 0 saturated carbocycles. The van der Waals surface area contributed by atoms with Crippen molar-refractivity contribution in [2.45, 2.75) is 13.0 Å². The lowest BCUT2D eigenvalue weighted by Crippen LogP contribution is -1.96. The first-order valence-electron chi connectivity index (χ1n) is 3.72. The maximum absolute atomic E-state index is 10.1. The van der Waals surface area contributed by atoms with Gasteiger partial charge in [-0.25, -0.2) is 0 Å². The number of amides is 1. The van der Waals surface area contributed by atoms with Gasteiger partial charge in [-0.3, -0.25) is 4.79 Å². The predicted molar refractivity (Wildman–Crippen MR) is 46.8 cm³/mol. The van der Waals surface area contributed by atoms with Crippen molar-refractivity contribution in [3.05, 3.63) is 29.8 Å². The molecule has 1 atom stereocenters. The fourth-order valence-corrected chi connectivity index (χ4v) is 0.956. The van der Waals surface area contributed by atoms with Gasteiger partial charge in [-0.05, 0) is 24.6 Å². The summed E-state index contributed by atoms with van der Waals surface area (Å²) in [6, 6.07) is 7.09. The van der Waals surface area contributed by atoms with Crippen LogP contribution in [0.1, 0.15) is 18.6 Å². The summed E-state index contributed by atoms with van der Waals surface area (Å²) in [5.74, 6) is 0. The van der Waals surface area contributed by atoms with Crippen molar-refractivity contribution in [2.75, 3.05) is 5.32 Å². The quantitative estimate of drug-likeness (QED) is 0.663. The van der Waals surface area contributed by atoms with Gasteiger partial charge in [-0.2, -0.15) is 0 Å². The predicted octanol–water partition coefficient (Wildman–Crippen LogP) is 1.31. The number of nitrogens with one attached hydrogen (secondary N) is 1. The molecule has 12 heavy (non-hydrogen) atoms. The molecule has 0 aliphatic carbocycles. The van der Waals surface area contributed by atoms with E-state index in [4.69, 9.17) is 0 Å². The monoisotopic (exact) mass is 165 g/mol. The van der Waals surface area contributed by atoms with Gasteiger partial charge in [-0.1, -0.05) is 12.1 Å². The first-order valence-corrected chi connectivity index (χ1v) is 3.72. The summed E-state index contributed by atoms with van der Waals surface area (Å²) >= 11 is 0. The largest absolute Gasteiger partial charge is 0.389 e. The van der Waals surface area contributed by atoms with E-state index in [0.717, 1.165) is 5.56 Å². The molecule has 2 N–H and O–H groups in total. The molecule has 0 heterocycles. The molecule has 0 bridgehead atoms. The van der Waals surface area contributed by atoms with E-state index in [9.17, 15) is 9.90 Å². The smallest absolute Gasteiger partial charge is 0.211 e. The van der Waals surface area contributed by atoms with Crippen molar-refractivity contribution in [3.8, 4) is 0 Å². The van der Waals surface area contributed by atoms with Gasteiger partial charge in [0.15, 0.2) is 0 Å². The topological polar surface area (TPSA) is 49.3 Å². The van der Waals surface area contributed by atoms with Gasteiger partial charge in [0.05, 0.1) is 6.10 Å². The van der Waals surface area contributed by atoms with Crippen LogP contribution in [0.3, 0.4) is 0 Å². The van der Waals surface area contributed by atoms with Gasteiger partial charge in [0.25, 0.3) is 0 Å². The summed E-state index contributed by atoms with van der Waals surface area (Å²) in [5, 5.41) is 11.7. The van der Waals surface area contributed by atoms with E-state index in [1.165, 1.54) is 0 Å². The average molecular weight is 165 g/mol. The second-order valence-corrected chi connectivity index (χ2v) is 2.56. The molecule has 1 amide bonds. The van der Waals surface area contributed by atoms with Crippen molar-refractivity contribution < 1.29 is 9.90 Å². The number of benzene rings is 1. The number of hydrogen-bond acceptors (Lipinski definition) is 2. The summed E-state index contributed by atoms with van der Waals surface area (Å²) in [6.45, 7) is 1.68. The maximum atomic E-state index is 10.1. The third-order valence-electron chi connectivity index (χ3n) is 1.59. The second kappa shape index (κ2) is 3.88. The van der Waals surface area contributed by atoms with Gasteiger partial charge in [-0.15, -0.1) is 0 Å². The number of aliphatic hydroxyl groups excluding tert-OH is 1. The summed E-state index contributed by atoms with van der Waals surface area (Å²) in [6.07, 6.45) is 0.111. The SMILES string of the molecule is CC(O)c1cccc(NC=O)c1. The fraction of sp³-hybridized carbons (Fsp3) is 0.222. The lowest BCUT2D eigenvalue weighted by atomic mass is 10.1. The van der Waals surface area contributed by atoms with Crippen molar-refractivity contribution in [1.29, 1.82) is 0 Å². The highest BCUT2D eigenvalue weighted by atomic mass is 16.3. The number of hydrogen-bond donors (Lipinski definition) is 2. The Bertz CT molecular complexity index is 271. The Kier molecular flexibility index (Phi) is 2.82. The first kappa shape index (κ1) is 8.74. The van der Waals surface area contributed by atoms with E-state index in [1.807, 2.05) is 0 Å². The summed E-state index contributed by atoms with van der Waals surface area (Å²) in [7, 11) is 0. The number of carbonyl (C=O) groups excluding carboxylic acids is 1. The normalized spacial score (nSPS) is 12.2. The van der Waals surface area contributed by atoms with E-state index in [-0.39, 0.29) is 0 Å². The molecule has 64 valence electrons. The molecule has 0 aromatic heterocycles. The van der Waals surface area contributed by atoms with Crippen LogP contribution in [0.4, 0.5) is 5.69 Å². The molecular weight excluding hydrogens is 154 g/mol. The highest BCUT2D eigenvalue weighted by Gasteiger charge is 1.99. The zero-order chi connectivity index (χ0) is 8.97. The second-order valence-electron chi connectivity index (χ2n) is 2.56. The van der Waals surface area contributed by atoms with E-state index in [1.54, 1.807) is 31.2 Å². The Morgan fingerprint density at radius 1 is 1.58 bits per heavy atom. The third-order valence-corrected chi connectivity index (χ3v) is 1.59. The number of carbonyl (C=O) groups is 1. The molecule has 0 aliphatic heterocycles. The highest BCUT2D eigenvalue weighted by molar-refractivity contribution is 5.71. The third kappa shape index (κ3) is 2.07. The van der Waals surface area contributed by atoms with Crippen molar-refractivity contribution in [1.82, 2.24) is 0 Å². The Labute approximate surface area is 71.0 Å². The Hall–Kier alpha value is -1.35. The molecule has 1 unspecified atom stereocenters. The molecule has 0 fully saturated rings. The average Bonchev–Trinajstić information content (AvgIpc) is 2.05. The minimum atomic E-state index is -0.501. The molecule has 1 rings (SSSR count). The van der Waals surface area contributed by atoms with Gasteiger partial charge in [0.1, 0.15) is 0 Å². The van der Waals surface area contributed by atoms with E-state index < -0.39 is 6.10 Å². The molecule has 1 aromatic rings. The minimum absolute atomic E-state index is 0.501. The maximum Gasteiger partial charge on any atom is 0.211 e. The van der Waals surface area contributed by atoms with Gasteiger partial charge >= 0.3 is 0 Å². The van der Waals surface area contributed by atoms with Crippen LogP contribution in [0.25, 0.3) is 0 Å². The molecule has 0 spiro atoms. The summed E-state index contributed by atoms with van der Waals surface area (Å²) in [4.78, 5) is 10.1. The van der Waals surface area contributed by atoms with Crippen LogP contribution < -0.4 is 5.32 Å². The van der Waals surface area contributed by atoms with Crippen LogP contribution in [0.2, 0.25) is 0 Å². The summed E-state index contributed by atoms with van der Waals surface area (Å²) < 4.78 is 0. The molecule has 1 aromatic carbocycles. The molecule has 0 aliphatic rings. The minimum Gasteiger partial charge on any atom is -0.389 e. The first-order chi connectivity index (χ1) is 5.74. The van der Waals surface area contributed by atoms with Gasteiger partial charge < -0.3 is 10.4 Å². The highest BCUT2D eigenvalue weighted by Crippen LogP contribution is 2.16. The fourth-order valence-electron chi connectivity index (χ4n) is 0.956. The lowest BCUT2D eigenvalue weighted by molar-refractivity contribution is -0.105. The summed E-state index contributed by atoms with van der Waals surface area (Å²) in [5.41, 5.74) is 1.49. The number of rotatable bonds is 3. The Balaban J connectivity index is 2.87. The van der Waals surface area contributed by atoms with Crippen LogP contribution in [0.15, 0.2) is 24.3 Å². The molecule has 3 heteroatoms. The van der Waals surface area contributed by atoms with E-state index in [2.05, 4.69) is 5.32 Å². The van der Waals surface area contributed by atoms with Crippen LogP contribution in [0, 0.1) is 0 Å². The zero-order valence-corrected chi connectivity index (χ0v) is 6.82. The van der Waals surface area contributed by atoms with Crippen LogP contribution >= 0.6 is 0 Å². The zero-order valence-electron chi connectivity index (χ0n) is 6.82. The van der Waals surface area contributed by atoms with E-state index >= 15 is 0 Å². The lowest BCUT2D eigenvalue weighted by Gasteiger charge is -2.05. The molecule has 3 nitrogen and oxygen atoms in total. The Morgan fingerprint density at radius 3 is 2.92 bits per heavy atom. The van der Waals surface area contributed by atoms with Crippen LogP contribution in [-0.4, -0.2) is 11.5 Å². The molecule has 0 radical (unpaired) electrons. The number of aliphatic hydroxyl groups is 1. The van der Waals surface area contributed by atoms with Crippen LogP contribution in [-0.2, 0) is 4.79 Å². The molecular formula is C9H11NO2. The van der Waals surface area contributed by atoms with Crippen molar-refractivity contribution in [3.63, 3.8) is 0 Å². The van der Waals surface area contributed by atoms with Gasteiger partial charge in [0, 0.05) is 5.69 Å². The van der Waals surface area contributed by atoms with E-state index in [0.29, 0.717) is 12.1 Å². The van der Waals surface area contributed by atoms with Crippen LogP contribution in [0.5, 0.6) is 0 Å². The standard InChI is InChI=1S/C9H11NO2/c1-7(12)8-3-2-4-9(5-8)10-6-11/h2-7,12H,1H3,(H,10,11). The number of anilines is 1.